The van der Waals surface area contributed by atoms with Crippen LogP contribution in [0.4, 0.5) is 5.69 Å². The number of nitrogens with one attached hydrogen (secondary N) is 1. The summed E-state index contributed by atoms with van der Waals surface area (Å²) in [7, 11) is 6.45. The van der Waals surface area contributed by atoms with E-state index >= 15 is 0 Å². The molecule has 3 rings (SSSR count). The minimum absolute atomic E-state index is 0.00155. The Hall–Kier alpha value is -1.88. The second-order valence-corrected chi connectivity index (χ2v) is 7.04. The number of rotatable bonds is 5. The molecule has 1 aliphatic rings. The number of hydrogen-bond acceptors (Lipinski definition) is 3. The van der Waals surface area contributed by atoms with E-state index in [1.807, 2.05) is 30.3 Å². The Morgan fingerprint density at radius 1 is 1.04 bits per heavy atom. The van der Waals surface area contributed by atoms with Gasteiger partial charge in [0.25, 0.3) is 0 Å². The van der Waals surface area contributed by atoms with Crippen LogP contribution >= 0.6 is 0 Å². The van der Waals surface area contributed by atoms with Crippen molar-refractivity contribution in [2.45, 2.75) is 12.2 Å². The highest BCUT2D eigenvalue weighted by Crippen LogP contribution is 2.35. The molecule has 0 saturated carbocycles. The zero-order valence-corrected chi connectivity index (χ0v) is 14.7. The van der Waals surface area contributed by atoms with E-state index < -0.39 is 0 Å². The Morgan fingerprint density at radius 2 is 1.75 bits per heavy atom. The minimum atomic E-state index is -0.133. The van der Waals surface area contributed by atoms with E-state index in [4.69, 9.17) is 9.47 Å². The fourth-order valence-electron chi connectivity index (χ4n) is 3.03. The molecule has 2 aromatic rings. The molecule has 0 unspecified atom stereocenters. The van der Waals surface area contributed by atoms with Crippen molar-refractivity contribution in [2.75, 3.05) is 40.8 Å². The van der Waals surface area contributed by atoms with Gasteiger partial charge in [0.05, 0.1) is 27.7 Å². The summed E-state index contributed by atoms with van der Waals surface area (Å²) in [6.07, 6.45) is -0.131. The molecule has 2 aromatic carbocycles. The highest BCUT2D eigenvalue weighted by atomic mass is 16.5. The van der Waals surface area contributed by atoms with Crippen molar-refractivity contribution in [3.63, 3.8) is 0 Å². The van der Waals surface area contributed by atoms with Gasteiger partial charge in [0.1, 0.15) is 6.10 Å². The van der Waals surface area contributed by atoms with Gasteiger partial charge in [0.15, 0.2) is 17.5 Å². The number of hydrogen-bond donors (Lipinski definition) is 1. The van der Waals surface area contributed by atoms with Crippen LogP contribution in [-0.2, 0) is 4.74 Å². The third-order valence-electron chi connectivity index (χ3n) is 4.26. The summed E-state index contributed by atoms with van der Waals surface area (Å²) >= 11 is 0. The number of benzene rings is 2. The maximum Gasteiger partial charge on any atom is 0.180 e. The van der Waals surface area contributed by atoms with Crippen LogP contribution in [0.5, 0.6) is 5.75 Å². The predicted molar refractivity (Wildman–Crippen MR) is 98.4 cm³/mol. The molecule has 1 fully saturated rings. The van der Waals surface area contributed by atoms with Gasteiger partial charge < -0.3 is 14.8 Å². The molecule has 128 valence electrons. The van der Waals surface area contributed by atoms with Gasteiger partial charge in [0, 0.05) is 19.2 Å². The standard InChI is InChI=1S/C20H27N2O2/c1-22(2,3)17-11-7-8-12-18(17)24-20(16-9-5-4-6-10-16)19-15-21-13-14-23-19/h4-12,19-21H,13-15H2,1-3H3/q+1/t19-,20-/m0/s1. The Labute approximate surface area is 144 Å². The van der Waals surface area contributed by atoms with Crippen LogP contribution in [0.1, 0.15) is 11.7 Å². The molecule has 0 aliphatic carbocycles. The van der Waals surface area contributed by atoms with Crippen LogP contribution in [0.2, 0.25) is 0 Å². The van der Waals surface area contributed by atoms with Gasteiger partial charge in [-0.2, -0.15) is 0 Å². The molecule has 0 bridgehead atoms. The molecule has 0 aromatic heterocycles. The van der Waals surface area contributed by atoms with Gasteiger partial charge in [0.2, 0.25) is 0 Å². The van der Waals surface area contributed by atoms with E-state index in [0.717, 1.165) is 30.1 Å². The Morgan fingerprint density at radius 3 is 2.42 bits per heavy atom. The average molecular weight is 327 g/mol. The fourth-order valence-corrected chi connectivity index (χ4v) is 3.03. The van der Waals surface area contributed by atoms with E-state index in [2.05, 4.69) is 50.7 Å². The molecule has 1 aliphatic heterocycles. The Kier molecular flexibility index (Phi) is 5.19. The molecular weight excluding hydrogens is 300 g/mol. The van der Waals surface area contributed by atoms with Crippen molar-refractivity contribution in [2.24, 2.45) is 0 Å². The number of para-hydroxylation sites is 2. The molecule has 1 N–H and O–H groups in total. The summed E-state index contributed by atoms with van der Waals surface area (Å²) in [5, 5.41) is 3.41. The lowest BCUT2D eigenvalue weighted by atomic mass is 10.0. The molecular formula is C20H27N2O2+. The molecule has 1 heterocycles. The second-order valence-electron chi connectivity index (χ2n) is 7.04. The molecule has 0 spiro atoms. The van der Waals surface area contributed by atoms with Gasteiger partial charge in [-0.3, -0.25) is 4.48 Å². The minimum Gasteiger partial charge on any atom is -0.477 e. The highest BCUT2D eigenvalue weighted by molar-refractivity contribution is 5.54. The average Bonchev–Trinajstić information content (AvgIpc) is 2.61. The third kappa shape index (κ3) is 3.96. The van der Waals surface area contributed by atoms with E-state index in [9.17, 15) is 0 Å². The van der Waals surface area contributed by atoms with E-state index in [1.54, 1.807) is 0 Å². The van der Waals surface area contributed by atoms with Crippen LogP contribution < -0.4 is 14.5 Å². The zero-order chi connectivity index (χ0) is 17.0. The maximum atomic E-state index is 6.52. The molecule has 4 nitrogen and oxygen atoms in total. The lowest BCUT2D eigenvalue weighted by molar-refractivity contribution is -0.0433. The lowest BCUT2D eigenvalue weighted by Crippen LogP contribution is -2.43. The Balaban J connectivity index is 1.93. The maximum absolute atomic E-state index is 6.52. The zero-order valence-electron chi connectivity index (χ0n) is 14.7. The van der Waals surface area contributed by atoms with Gasteiger partial charge in [-0.15, -0.1) is 0 Å². The smallest absolute Gasteiger partial charge is 0.180 e. The van der Waals surface area contributed by atoms with Gasteiger partial charge in [-0.05, 0) is 11.6 Å². The largest absolute Gasteiger partial charge is 0.477 e. The Bertz CT molecular complexity index is 646. The number of morpholine rings is 1. The van der Waals surface area contributed by atoms with Crippen LogP contribution in [0, 0.1) is 0 Å². The van der Waals surface area contributed by atoms with Crippen LogP contribution in [0.15, 0.2) is 54.6 Å². The van der Waals surface area contributed by atoms with Crippen LogP contribution in [-0.4, -0.2) is 46.9 Å². The molecule has 1 saturated heterocycles. The molecule has 2 atom stereocenters. The third-order valence-corrected chi connectivity index (χ3v) is 4.26. The van der Waals surface area contributed by atoms with Crippen molar-refractivity contribution in [1.82, 2.24) is 9.80 Å². The lowest BCUT2D eigenvalue weighted by Gasteiger charge is -2.33. The van der Waals surface area contributed by atoms with Crippen molar-refractivity contribution < 1.29 is 9.47 Å². The molecule has 4 heteroatoms. The van der Waals surface area contributed by atoms with Crippen molar-refractivity contribution in [1.29, 1.82) is 0 Å². The van der Waals surface area contributed by atoms with E-state index in [0.29, 0.717) is 11.1 Å². The fraction of sp³-hybridized carbons (Fsp3) is 0.400. The summed E-state index contributed by atoms with van der Waals surface area (Å²) in [6, 6.07) is 18.6. The van der Waals surface area contributed by atoms with Crippen LogP contribution in [0.25, 0.3) is 0 Å². The van der Waals surface area contributed by atoms with E-state index in [1.165, 1.54) is 0 Å². The first-order valence-corrected chi connectivity index (χ1v) is 8.50. The summed E-state index contributed by atoms with van der Waals surface area (Å²) in [4.78, 5) is 0. The van der Waals surface area contributed by atoms with Gasteiger partial charge in [-0.25, -0.2) is 0 Å². The highest BCUT2D eigenvalue weighted by Gasteiger charge is 2.30. The first-order valence-electron chi connectivity index (χ1n) is 8.50. The number of quaternary nitrogens is 1. The van der Waals surface area contributed by atoms with Crippen molar-refractivity contribution in [3.8, 4) is 5.75 Å². The van der Waals surface area contributed by atoms with Gasteiger partial charge >= 0.3 is 0 Å². The van der Waals surface area contributed by atoms with Crippen molar-refractivity contribution >= 4 is 5.69 Å². The van der Waals surface area contributed by atoms with Gasteiger partial charge in [-0.1, -0.05) is 42.5 Å². The number of nitrogens with zero attached hydrogens (tertiary/aromatic N) is 1. The van der Waals surface area contributed by atoms with E-state index in [-0.39, 0.29) is 12.2 Å². The second kappa shape index (κ2) is 7.34. The number of ether oxygens (including phenoxy) is 2. The first-order chi connectivity index (χ1) is 11.6. The normalized spacial score (nSPS) is 19.7. The summed E-state index contributed by atoms with van der Waals surface area (Å²) < 4.78 is 13.2. The molecule has 24 heavy (non-hydrogen) atoms. The first kappa shape index (κ1) is 17.0. The summed E-state index contributed by atoms with van der Waals surface area (Å²) in [5.74, 6) is 0.910. The predicted octanol–water partition coefficient (Wildman–Crippen LogP) is 2.99. The quantitative estimate of drug-likeness (QED) is 0.857. The molecule has 0 radical (unpaired) electrons. The summed E-state index contributed by atoms with van der Waals surface area (Å²) in [5.41, 5.74) is 2.30. The van der Waals surface area contributed by atoms with Crippen molar-refractivity contribution in [3.05, 3.63) is 60.2 Å². The van der Waals surface area contributed by atoms with Crippen LogP contribution in [0.3, 0.4) is 0 Å². The monoisotopic (exact) mass is 327 g/mol. The molecule has 0 amide bonds. The summed E-state index contributed by atoms with van der Waals surface area (Å²) in [6.45, 7) is 2.41. The topological polar surface area (TPSA) is 30.5 Å². The SMILES string of the molecule is C[N+](C)(C)c1ccccc1O[C@@H](c1ccccc1)[C@@H]1CNCCO1.